The third kappa shape index (κ3) is 3.36. The molecule has 0 spiro atoms. The SMILES string of the molecule is Cc1cccc(-c2nc(CN3CCCCC3)sc2C(=O)O)c1. The molecule has 1 N–H and O–H groups in total. The predicted octanol–water partition coefficient (Wildman–Crippen LogP) is 3.80. The van der Waals surface area contributed by atoms with Crippen molar-refractivity contribution in [1.82, 2.24) is 9.88 Å². The summed E-state index contributed by atoms with van der Waals surface area (Å²) in [5, 5.41) is 10.4. The smallest absolute Gasteiger partial charge is 0.348 e. The molecule has 0 bridgehead atoms. The van der Waals surface area contributed by atoms with Gasteiger partial charge < -0.3 is 5.11 Å². The Hall–Kier alpha value is -1.72. The summed E-state index contributed by atoms with van der Waals surface area (Å²) in [6.07, 6.45) is 3.74. The maximum absolute atomic E-state index is 11.5. The van der Waals surface area contributed by atoms with Crippen LogP contribution in [0, 0.1) is 6.92 Å². The average Bonchev–Trinajstić information content (AvgIpc) is 2.92. The van der Waals surface area contributed by atoms with Crippen LogP contribution in [-0.2, 0) is 6.54 Å². The molecule has 3 rings (SSSR count). The highest BCUT2D eigenvalue weighted by Gasteiger charge is 2.20. The highest BCUT2D eigenvalue weighted by molar-refractivity contribution is 7.14. The van der Waals surface area contributed by atoms with Gasteiger partial charge in [0, 0.05) is 5.56 Å². The number of carbonyl (C=O) groups is 1. The van der Waals surface area contributed by atoms with Crippen LogP contribution in [0.3, 0.4) is 0 Å². The number of piperidine rings is 1. The van der Waals surface area contributed by atoms with Gasteiger partial charge in [0.05, 0.1) is 12.2 Å². The lowest BCUT2D eigenvalue weighted by molar-refractivity contribution is 0.0702. The van der Waals surface area contributed by atoms with E-state index in [-0.39, 0.29) is 0 Å². The predicted molar refractivity (Wildman–Crippen MR) is 88.4 cm³/mol. The molecule has 0 unspecified atom stereocenters. The Balaban J connectivity index is 1.90. The van der Waals surface area contributed by atoms with E-state index in [0.29, 0.717) is 10.6 Å². The first-order valence-corrected chi connectivity index (χ1v) is 8.47. The van der Waals surface area contributed by atoms with Gasteiger partial charge in [-0.3, -0.25) is 4.90 Å². The standard InChI is InChI=1S/C17H20N2O2S/c1-12-6-5-7-13(10-12)15-16(17(20)21)22-14(18-15)11-19-8-3-2-4-9-19/h5-7,10H,2-4,8-9,11H2,1H3,(H,20,21). The Labute approximate surface area is 134 Å². The molecule has 0 atom stereocenters. The van der Waals surface area contributed by atoms with Crippen LogP contribution in [0.25, 0.3) is 11.3 Å². The number of carboxylic acids is 1. The molecular weight excluding hydrogens is 296 g/mol. The Kier molecular flexibility index (Phi) is 4.55. The summed E-state index contributed by atoms with van der Waals surface area (Å²) in [5.41, 5.74) is 2.60. The quantitative estimate of drug-likeness (QED) is 0.932. The third-order valence-electron chi connectivity index (χ3n) is 3.96. The first-order chi connectivity index (χ1) is 10.6. The normalized spacial score (nSPS) is 15.9. The molecular formula is C17H20N2O2S. The molecule has 0 aliphatic carbocycles. The molecule has 1 fully saturated rings. The number of hydrogen-bond acceptors (Lipinski definition) is 4. The van der Waals surface area contributed by atoms with Crippen molar-refractivity contribution in [1.29, 1.82) is 0 Å². The van der Waals surface area contributed by atoms with E-state index in [2.05, 4.69) is 9.88 Å². The largest absolute Gasteiger partial charge is 0.477 e. The van der Waals surface area contributed by atoms with E-state index in [1.54, 1.807) is 0 Å². The van der Waals surface area contributed by atoms with Gasteiger partial charge in [-0.2, -0.15) is 0 Å². The summed E-state index contributed by atoms with van der Waals surface area (Å²) in [6.45, 7) is 4.94. The van der Waals surface area contributed by atoms with Gasteiger partial charge in [0.2, 0.25) is 0 Å². The van der Waals surface area contributed by atoms with Crippen molar-refractivity contribution >= 4 is 17.3 Å². The molecule has 2 heterocycles. The number of likely N-dealkylation sites (tertiary alicyclic amines) is 1. The second-order valence-electron chi connectivity index (χ2n) is 5.80. The molecule has 1 aliphatic rings. The number of aryl methyl sites for hydroxylation is 1. The van der Waals surface area contributed by atoms with E-state index >= 15 is 0 Å². The molecule has 1 aliphatic heterocycles. The minimum atomic E-state index is -0.890. The van der Waals surface area contributed by atoms with E-state index in [4.69, 9.17) is 0 Å². The molecule has 1 aromatic heterocycles. The second kappa shape index (κ2) is 6.58. The maximum atomic E-state index is 11.5. The van der Waals surface area contributed by atoms with Crippen molar-refractivity contribution in [3.63, 3.8) is 0 Å². The lowest BCUT2D eigenvalue weighted by Gasteiger charge is -2.25. The second-order valence-corrected chi connectivity index (χ2v) is 6.88. The van der Waals surface area contributed by atoms with Gasteiger partial charge >= 0.3 is 5.97 Å². The van der Waals surface area contributed by atoms with Crippen LogP contribution >= 0.6 is 11.3 Å². The highest BCUT2D eigenvalue weighted by Crippen LogP contribution is 2.30. The van der Waals surface area contributed by atoms with Crippen LogP contribution in [0.15, 0.2) is 24.3 Å². The summed E-state index contributed by atoms with van der Waals surface area (Å²) in [7, 11) is 0. The van der Waals surface area contributed by atoms with E-state index in [9.17, 15) is 9.90 Å². The van der Waals surface area contributed by atoms with Gasteiger partial charge in [-0.1, -0.05) is 30.2 Å². The Bertz CT molecular complexity index is 675. The fourth-order valence-corrected chi connectivity index (χ4v) is 3.84. The molecule has 2 aromatic rings. The molecule has 4 nitrogen and oxygen atoms in total. The Morgan fingerprint density at radius 1 is 1.32 bits per heavy atom. The zero-order valence-electron chi connectivity index (χ0n) is 12.7. The van der Waals surface area contributed by atoms with Gasteiger partial charge in [-0.05, 0) is 38.9 Å². The van der Waals surface area contributed by atoms with Crippen molar-refractivity contribution in [3.8, 4) is 11.3 Å². The van der Waals surface area contributed by atoms with Crippen molar-refractivity contribution in [3.05, 3.63) is 39.7 Å². The number of thiazole rings is 1. The summed E-state index contributed by atoms with van der Waals surface area (Å²) in [4.78, 5) is 18.9. The van der Waals surface area contributed by atoms with Crippen LogP contribution in [-0.4, -0.2) is 34.0 Å². The number of rotatable bonds is 4. The minimum Gasteiger partial charge on any atom is -0.477 e. The molecule has 5 heteroatoms. The number of aromatic nitrogens is 1. The first kappa shape index (κ1) is 15.2. The van der Waals surface area contributed by atoms with Gasteiger partial charge in [-0.25, -0.2) is 9.78 Å². The highest BCUT2D eigenvalue weighted by atomic mass is 32.1. The van der Waals surface area contributed by atoms with Crippen molar-refractivity contribution in [2.24, 2.45) is 0 Å². The van der Waals surface area contributed by atoms with Crippen molar-refractivity contribution < 1.29 is 9.90 Å². The van der Waals surface area contributed by atoms with Gasteiger partial charge in [0.25, 0.3) is 0 Å². The molecule has 0 saturated carbocycles. The lowest BCUT2D eigenvalue weighted by Crippen LogP contribution is -2.28. The summed E-state index contributed by atoms with van der Waals surface area (Å²) in [6, 6.07) is 7.87. The summed E-state index contributed by atoms with van der Waals surface area (Å²) >= 11 is 1.31. The zero-order chi connectivity index (χ0) is 15.5. The first-order valence-electron chi connectivity index (χ1n) is 7.66. The average molecular weight is 316 g/mol. The zero-order valence-corrected chi connectivity index (χ0v) is 13.5. The van der Waals surface area contributed by atoms with Crippen LogP contribution in [0.4, 0.5) is 0 Å². The Morgan fingerprint density at radius 3 is 2.77 bits per heavy atom. The van der Waals surface area contributed by atoms with Crippen LogP contribution in [0.5, 0.6) is 0 Å². The number of carboxylic acid groups (broad SMARTS) is 1. The van der Waals surface area contributed by atoms with Gasteiger partial charge in [-0.15, -0.1) is 11.3 Å². The minimum absolute atomic E-state index is 0.345. The monoisotopic (exact) mass is 316 g/mol. The topological polar surface area (TPSA) is 53.4 Å². The van der Waals surface area contributed by atoms with Crippen LogP contribution < -0.4 is 0 Å². The number of aromatic carboxylic acids is 1. The third-order valence-corrected chi connectivity index (χ3v) is 4.99. The summed E-state index contributed by atoms with van der Waals surface area (Å²) in [5.74, 6) is -0.890. The van der Waals surface area contributed by atoms with Crippen molar-refractivity contribution in [2.75, 3.05) is 13.1 Å². The molecule has 1 aromatic carbocycles. The molecule has 116 valence electrons. The Morgan fingerprint density at radius 2 is 2.09 bits per heavy atom. The van der Waals surface area contributed by atoms with Gasteiger partial charge in [0.1, 0.15) is 9.88 Å². The van der Waals surface area contributed by atoms with E-state index in [1.807, 2.05) is 31.2 Å². The van der Waals surface area contributed by atoms with E-state index in [0.717, 1.165) is 35.8 Å². The molecule has 0 amide bonds. The van der Waals surface area contributed by atoms with Gasteiger partial charge in [0.15, 0.2) is 0 Å². The summed E-state index contributed by atoms with van der Waals surface area (Å²) < 4.78 is 0. The number of benzene rings is 1. The fourth-order valence-electron chi connectivity index (χ4n) is 2.87. The maximum Gasteiger partial charge on any atom is 0.348 e. The molecule has 22 heavy (non-hydrogen) atoms. The number of hydrogen-bond donors (Lipinski definition) is 1. The fraction of sp³-hybridized carbons (Fsp3) is 0.412. The van der Waals surface area contributed by atoms with Crippen LogP contribution in [0.2, 0.25) is 0 Å². The van der Waals surface area contributed by atoms with Crippen molar-refractivity contribution in [2.45, 2.75) is 32.7 Å². The number of nitrogens with zero attached hydrogens (tertiary/aromatic N) is 2. The van der Waals surface area contributed by atoms with E-state index in [1.165, 1.54) is 30.6 Å². The lowest BCUT2D eigenvalue weighted by atomic mass is 10.1. The van der Waals surface area contributed by atoms with E-state index < -0.39 is 5.97 Å². The molecule has 1 saturated heterocycles. The van der Waals surface area contributed by atoms with Crippen LogP contribution in [0.1, 0.15) is 39.5 Å². The molecule has 0 radical (unpaired) electrons.